The summed E-state index contributed by atoms with van der Waals surface area (Å²) in [5.41, 5.74) is 1.13. The van der Waals surface area contributed by atoms with E-state index in [9.17, 15) is 9.59 Å². The molecule has 0 saturated heterocycles. The van der Waals surface area contributed by atoms with Crippen molar-refractivity contribution in [2.45, 2.75) is 6.92 Å². The number of aryl methyl sites for hydroxylation is 1. The maximum atomic E-state index is 12.2. The summed E-state index contributed by atoms with van der Waals surface area (Å²) in [6.45, 7) is 1.75. The number of amides is 2. The quantitative estimate of drug-likeness (QED) is 0.905. The second kappa shape index (κ2) is 6.36. The van der Waals surface area contributed by atoms with Gasteiger partial charge in [-0.1, -0.05) is 23.5 Å². The van der Waals surface area contributed by atoms with Crippen molar-refractivity contribution >= 4 is 44.2 Å². The molecular weight excluding hydrogens is 354 g/mol. The first-order valence-corrected chi connectivity index (χ1v) is 7.76. The predicted molar refractivity (Wildman–Crippen MR) is 87.0 cm³/mol. The van der Waals surface area contributed by atoms with Crippen LogP contribution in [-0.4, -0.2) is 35.8 Å². The van der Waals surface area contributed by atoms with Crippen LogP contribution in [0, 0.1) is 6.92 Å². The fraction of sp³-hybridized carbons (Fsp3) is 0.214. The largest absolute Gasteiger partial charge is 0.344 e. The van der Waals surface area contributed by atoms with Crippen LogP contribution >= 0.6 is 27.3 Å². The molecule has 1 aromatic carbocycles. The van der Waals surface area contributed by atoms with Crippen LogP contribution in [0.25, 0.3) is 0 Å². The zero-order chi connectivity index (χ0) is 15.6. The molecule has 0 bridgehead atoms. The summed E-state index contributed by atoms with van der Waals surface area (Å²) in [6.07, 6.45) is 0. The number of rotatable bonds is 3. The lowest BCUT2D eigenvalue weighted by molar-refractivity contribution is 0.0831. The Kier molecular flexibility index (Phi) is 4.74. The number of thiazole rings is 1. The number of halogens is 1. The molecule has 0 aliphatic carbocycles. The van der Waals surface area contributed by atoms with E-state index in [0.29, 0.717) is 25.7 Å². The van der Waals surface area contributed by atoms with Crippen molar-refractivity contribution in [3.05, 3.63) is 44.9 Å². The number of carbonyl (C=O) groups excluding carboxylic acids is 2. The van der Waals surface area contributed by atoms with Gasteiger partial charge >= 0.3 is 0 Å². The van der Waals surface area contributed by atoms with Crippen molar-refractivity contribution in [2.24, 2.45) is 0 Å². The van der Waals surface area contributed by atoms with E-state index in [1.807, 2.05) is 6.07 Å². The normalized spacial score (nSPS) is 10.3. The lowest BCUT2D eigenvalue weighted by Crippen LogP contribution is -2.21. The average molecular weight is 368 g/mol. The number of nitrogens with zero attached hydrogens (tertiary/aromatic N) is 2. The SMILES string of the molecule is Cc1nc(NC(=O)c2ccccc2Br)sc1C(=O)N(C)C. The Labute approximate surface area is 135 Å². The second-order valence-electron chi connectivity index (χ2n) is 4.57. The van der Waals surface area contributed by atoms with Crippen LogP contribution in [0.3, 0.4) is 0 Å². The minimum atomic E-state index is -0.264. The van der Waals surface area contributed by atoms with Gasteiger partial charge in [0.05, 0.1) is 11.3 Å². The predicted octanol–water partition coefficient (Wildman–Crippen LogP) is 3.17. The molecule has 0 aliphatic rings. The minimum Gasteiger partial charge on any atom is -0.344 e. The van der Waals surface area contributed by atoms with Gasteiger partial charge in [-0.3, -0.25) is 14.9 Å². The molecule has 2 rings (SSSR count). The van der Waals surface area contributed by atoms with Crippen LogP contribution in [-0.2, 0) is 0 Å². The Bertz CT molecular complexity index is 697. The molecule has 2 aromatic rings. The van der Waals surface area contributed by atoms with Crippen molar-refractivity contribution in [1.29, 1.82) is 0 Å². The van der Waals surface area contributed by atoms with Gasteiger partial charge in [-0.15, -0.1) is 0 Å². The van der Waals surface area contributed by atoms with E-state index in [2.05, 4.69) is 26.2 Å². The van der Waals surface area contributed by atoms with E-state index in [0.717, 1.165) is 0 Å². The van der Waals surface area contributed by atoms with Crippen molar-refractivity contribution in [3.8, 4) is 0 Å². The van der Waals surface area contributed by atoms with Gasteiger partial charge in [0.25, 0.3) is 11.8 Å². The smallest absolute Gasteiger partial charge is 0.265 e. The summed E-state index contributed by atoms with van der Waals surface area (Å²) in [5, 5.41) is 3.14. The molecule has 0 radical (unpaired) electrons. The number of aromatic nitrogens is 1. The molecule has 0 aliphatic heterocycles. The molecule has 0 unspecified atom stereocenters. The highest BCUT2D eigenvalue weighted by Crippen LogP contribution is 2.25. The maximum absolute atomic E-state index is 12.2. The van der Waals surface area contributed by atoms with Gasteiger partial charge in [0.2, 0.25) is 0 Å². The average Bonchev–Trinajstić information content (AvgIpc) is 2.78. The molecule has 1 heterocycles. The Morgan fingerprint density at radius 3 is 2.57 bits per heavy atom. The topological polar surface area (TPSA) is 62.3 Å². The third kappa shape index (κ3) is 3.48. The Morgan fingerprint density at radius 1 is 1.29 bits per heavy atom. The van der Waals surface area contributed by atoms with Gasteiger partial charge in [0.15, 0.2) is 5.13 Å². The fourth-order valence-corrected chi connectivity index (χ4v) is 3.11. The first-order valence-electron chi connectivity index (χ1n) is 6.15. The molecule has 110 valence electrons. The van der Waals surface area contributed by atoms with E-state index < -0.39 is 0 Å². The molecule has 21 heavy (non-hydrogen) atoms. The van der Waals surface area contributed by atoms with Crippen molar-refractivity contribution in [3.63, 3.8) is 0 Å². The molecule has 0 saturated carbocycles. The summed E-state index contributed by atoms with van der Waals surface area (Å²) >= 11 is 4.51. The first kappa shape index (κ1) is 15.7. The molecule has 1 aromatic heterocycles. The summed E-state index contributed by atoms with van der Waals surface area (Å²) in [5.74, 6) is -0.383. The molecule has 2 amide bonds. The van der Waals surface area contributed by atoms with Gasteiger partial charge in [-0.05, 0) is 35.0 Å². The zero-order valence-electron chi connectivity index (χ0n) is 11.8. The van der Waals surface area contributed by atoms with E-state index in [1.54, 1.807) is 39.2 Å². The molecule has 7 heteroatoms. The van der Waals surface area contributed by atoms with Crippen LogP contribution in [0.2, 0.25) is 0 Å². The summed E-state index contributed by atoms with van der Waals surface area (Å²) in [7, 11) is 3.36. The van der Waals surface area contributed by atoms with Crippen molar-refractivity contribution in [2.75, 3.05) is 19.4 Å². The minimum absolute atomic E-state index is 0.119. The van der Waals surface area contributed by atoms with E-state index >= 15 is 0 Å². The first-order chi connectivity index (χ1) is 9.90. The molecular formula is C14H14BrN3O2S. The number of anilines is 1. The Morgan fingerprint density at radius 2 is 1.95 bits per heavy atom. The third-order valence-corrected chi connectivity index (χ3v) is 4.49. The summed E-state index contributed by atoms with van der Waals surface area (Å²) < 4.78 is 0.709. The van der Waals surface area contributed by atoms with Crippen molar-refractivity contribution in [1.82, 2.24) is 9.88 Å². The summed E-state index contributed by atoms with van der Waals surface area (Å²) in [6, 6.07) is 7.13. The molecule has 0 atom stereocenters. The number of benzene rings is 1. The molecule has 1 N–H and O–H groups in total. The van der Waals surface area contributed by atoms with E-state index in [-0.39, 0.29) is 11.8 Å². The highest BCUT2D eigenvalue weighted by Gasteiger charge is 2.18. The van der Waals surface area contributed by atoms with Crippen LogP contribution in [0.4, 0.5) is 5.13 Å². The van der Waals surface area contributed by atoms with Gasteiger partial charge in [-0.2, -0.15) is 0 Å². The maximum Gasteiger partial charge on any atom is 0.265 e. The fourth-order valence-electron chi connectivity index (χ4n) is 1.66. The lowest BCUT2D eigenvalue weighted by atomic mass is 10.2. The highest BCUT2D eigenvalue weighted by molar-refractivity contribution is 9.10. The Balaban J connectivity index is 2.21. The highest BCUT2D eigenvalue weighted by atomic mass is 79.9. The van der Waals surface area contributed by atoms with Crippen LogP contribution in [0.1, 0.15) is 25.7 Å². The zero-order valence-corrected chi connectivity index (χ0v) is 14.2. The van der Waals surface area contributed by atoms with Crippen LogP contribution in [0.15, 0.2) is 28.7 Å². The van der Waals surface area contributed by atoms with Gasteiger partial charge < -0.3 is 4.90 Å². The standard InChI is InChI=1S/C14H14BrN3O2S/c1-8-11(13(20)18(2)3)21-14(16-8)17-12(19)9-6-4-5-7-10(9)15/h4-7H,1-3H3,(H,16,17,19). The molecule has 0 spiro atoms. The van der Waals surface area contributed by atoms with Gasteiger partial charge in [0, 0.05) is 18.6 Å². The van der Waals surface area contributed by atoms with Gasteiger partial charge in [0.1, 0.15) is 4.88 Å². The van der Waals surface area contributed by atoms with Gasteiger partial charge in [-0.25, -0.2) is 4.98 Å². The molecule has 0 fully saturated rings. The van der Waals surface area contributed by atoms with Crippen LogP contribution < -0.4 is 5.32 Å². The third-order valence-electron chi connectivity index (χ3n) is 2.74. The van der Waals surface area contributed by atoms with Crippen molar-refractivity contribution < 1.29 is 9.59 Å². The summed E-state index contributed by atoms with van der Waals surface area (Å²) in [4.78, 5) is 30.4. The lowest BCUT2D eigenvalue weighted by Gasteiger charge is -2.07. The molecule has 5 nitrogen and oxygen atoms in total. The monoisotopic (exact) mass is 367 g/mol. The van der Waals surface area contributed by atoms with E-state index in [4.69, 9.17) is 0 Å². The number of hydrogen-bond donors (Lipinski definition) is 1. The number of carbonyl (C=O) groups is 2. The number of hydrogen-bond acceptors (Lipinski definition) is 4. The number of nitrogens with one attached hydrogen (secondary N) is 1. The second-order valence-corrected chi connectivity index (χ2v) is 6.42. The van der Waals surface area contributed by atoms with E-state index in [1.165, 1.54) is 16.2 Å². The Hall–Kier alpha value is -1.73. The van der Waals surface area contributed by atoms with Crippen LogP contribution in [0.5, 0.6) is 0 Å².